The van der Waals surface area contributed by atoms with Crippen LogP contribution < -0.4 is 14.8 Å². The lowest BCUT2D eigenvalue weighted by atomic mass is 10.1. The SMILES string of the molecule is COc1ccc(CN(Cc2ccc(OC)cc2)C(=Nc2ccc(Nc3ccccc3)cc2)SC)cc1. The van der Waals surface area contributed by atoms with Crippen LogP contribution in [-0.2, 0) is 13.1 Å². The van der Waals surface area contributed by atoms with E-state index in [1.54, 1.807) is 26.0 Å². The number of benzene rings is 4. The van der Waals surface area contributed by atoms with Crippen LogP contribution in [0.15, 0.2) is 108 Å². The van der Waals surface area contributed by atoms with Crippen LogP contribution >= 0.6 is 11.8 Å². The number of aliphatic imine (C=N–C) groups is 1. The molecule has 0 aromatic heterocycles. The number of hydrogen-bond acceptors (Lipinski definition) is 5. The first kappa shape index (κ1) is 25.2. The Morgan fingerprint density at radius 1 is 0.694 bits per heavy atom. The van der Waals surface area contributed by atoms with Crippen LogP contribution in [-0.4, -0.2) is 30.5 Å². The lowest BCUT2D eigenvalue weighted by Crippen LogP contribution is -2.27. The maximum atomic E-state index is 5.33. The van der Waals surface area contributed by atoms with E-state index in [1.807, 2.05) is 66.7 Å². The Balaban J connectivity index is 1.56. The maximum absolute atomic E-state index is 5.33. The van der Waals surface area contributed by atoms with E-state index in [0.29, 0.717) is 0 Å². The number of hydrogen-bond donors (Lipinski definition) is 1. The summed E-state index contributed by atoms with van der Waals surface area (Å²) in [5, 5.41) is 4.37. The molecule has 0 aliphatic rings. The molecular weight excluding hydrogens is 466 g/mol. The fourth-order valence-corrected chi connectivity index (χ4v) is 4.34. The number of para-hydroxylation sites is 1. The van der Waals surface area contributed by atoms with Crippen molar-refractivity contribution in [1.82, 2.24) is 4.90 Å². The molecule has 0 amide bonds. The molecule has 5 nitrogen and oxygen atoms in total. The van der Waals surface area contributed by atoms with Crippen molar-refractivity contribution in [2.75, 3.05) is 25.8 Å². The molecule has 0 saturated carbocycles. The minimum atomic E-state index is 0.726. The second-order valence-electron chi connectivity index (χ2n) is 8.19. The molecule has 0 unspecified atom stereocenters. The Bertz CT molecular complexity index is 1190. The molecular formula is C30H31N3O2S. The van der Waals surface area contributed by atoms with Crippen molar-refractivity contribution < 1.29 is 9.47 Å². The highest BCUT2D eigenvalue weighted by Gasteiger charge is 2.13. The van der Waals surface area contributed by atoms with Gasteiger partial charge in [0.1, 0.15) is 11.5 Å². The normalized spacial score (nSPS) is 11.1. The summed E-state index contributed by atoms with van der Waals surface area (Å²) >= 11 is 1.64. The van der Waals surface area contributed by atoms with Crippen LogP contribution in [0.4, 0.5) is 17.1 Å². The Morgan fingerprint density at radius 2 is 1.19 bits per heavy atom. The van der Waals surface area contributed by atoms with Crippen molar-refractivity contribution in [1.29, 1.82) is 0 Å². The van der Waals surface area contributed by atoms with Gasteiger partial charge in [0.05, 0.1) is 19.9 Å². The van der Waals surface area contributed by atoms with Gasteiger partial charge in [0.25, 0.3) is 0 Å². The second kappa shape index (κ2) is 12.7. The van der Waals surface area contributed by atoms with Gasteiger partial charge in [0.15, 0.2) is 5.17 Å². The number of thioether (sulfide) groups is 1. The molecule has 6 heteroatoms. The molecule has 184 valence electrons. The average Bonchev–Trinajstić information content (AvgIpc) is 2.93. The van der Waals surface area contributed by atoms with Crippen LogP contribution in [0.1, 0.15) is 11.1 Å². The molecule has 0 atom stereocenters. The summed E-state index contributed by atoms with van der Waals surface area (Å²) in [6.07, 6.45) is 2.07. The number of methoxy groups -OCH3 is 2. The first-order valence-electron chi connectivity index (χ1n) is 11.7. The van der Waals surface area contributed by atoms with Crippen molar-refractivity contribution in [2.24, 2.45) is 4.99 Å². The molecule has 4 aromatic carbocycles. The van der Waals surface area contributed by atoms with E-state index in [1.165, 1.54) is 11.1 Å². The fourth-order valence-electron chi connectivity index (χ4n) is 3.76. The zero-order chi connectivity index (χ0) is 25.2. The number of amidine groups is 1. The number of nitrogens with one attached hydrogen (secondary N) is 1. The fraction of sp³-hybridized carbons (Fsp3) is 0.167. The van der Waals surface area contributed by atoms with Crippen molar-refractivity contribution in [3.05, 3.63) is 114 Å². The Kier molecular flexibility index (Phi) is 8.89. The number of nitrogens with zero attached hydrogens (tertiary/aromatic N) is 2. The Morgan fingerprint density at radius 3 is 1.67 bits per heavy atom. The van der Waals surface area contributed by atoms with Gasteiger partial charge in [-0.25, -0.2) is 4.99 Å². The van der Waals surface area contributed by atoms with Gasteiger partial charge in [0, 0.05) is 24.5 Å². The van der Waals surface area contributed by atoms with E-state index in [9.17, 15) is 0 Å². The summed E-state index contributed by atoms with van der Waals surface area (Å²) < 4.78 is 10.7. The molecule has 0 aliphatic carbocycles. The van der Waals surface area contributed by atoms with E-state index >= 15 is 0 Å². The molecule has 0 radical (unpaired) electrons. The summed E-state index contributed by atoms with van der Waals surface area (Å²) in [4.78, 5) is 7.31. The minimum Gasteiger partial charge on any atom is -0.497 e. The Hall–Kier alpha value is -3.90. The molecule has 0 spiro atoms. The van der Waals surface area contributed by atoms with Crippen LogP contribution in [0.5, 0.6) is 11.5 Å². The first-order valence-corrected chi connectivity index (χ1v) is 12.9. The molecule has 0 aliphatic heterocycles. The summed E-state index contributed by atoms with van der Waals surface area (Å²) in [7, 11) is 3.37. The zero-order valence-electron chi connectivity index (χ0n) is 20.8. The van der Waals surface area contributed by atoms with Crippen molar-refractivity contribution in [3.8, 4) is 11.5 Å². The molecule has 0 fully saturated rings. The predicted octanol–water partition coefficient (Wildman–Crippen LogP) is 7.50. The third-order valence-corrected chi connectivity index (χ3v) is 6.39. The topological polar surface area (TPSA) is 46.1 Å². The van der Waals surface area contributed by atoms with Gasteiger partial charge in [0.2, 0.25) is 0 Å². The quantitative estimate of drug-likeness (QED) is 0.192. The third kappa shape index (κ3) is 7.06. The van der Waals surface area contributed by atoms with Gasteiger partial charge in [-0.3, -0.25) is 0 Å². The highest BCUT2D eigenvalue weighted by Crippen LogP contribution is 2.24. The standard InChI is InChI=1S/C30H31N3O2S/c1-34-28-17-9-23(10-18-28)21-33(22-24-11-19-29(35-2)20-12-24)30(36-3)32-27-15-13-26(14-16-27)31-25-7-5-4-6-8-25/h4-20,31H,21-22H2,1-3H3. The van der Waals surface area contributed by atoms with Crippen molar-refractivity contribution >= 4 is 34.0 Å². The smallest absolute Gasteiger partial charge is 0.164 e. The Labute approximate surface area is 217 Å². The van der Waals surface area contributed by atoms with E-state index in [-0.39, 0.29) is 0 Å². The van der Waals surface area contributed by atoms with Crippen molar-refractivity contribution in [2.45, 2.75) is 13.1 Å². The van der Waals surface area contributed by atoms with E-state index in [2.05, 4.69) is 52.9 Å². The maximum Gasteiger partial charge on any atom is 0.164 e. The van der Waals surface area contributed by atoms with Gasteiger partial charge in [-0.1, -0.05) is 54.2 Å². The van der Waals surface area contributed by atoms with Crippen molar-refractivity contribution in [3.63, 3.8) is 0 Å². The number of rotatable bonds is 9. The highest BCUT2D eigenvalue weighted by molar-refractivity contribution is 8.13. The van der Waals surface area contributed by atoms with Gasteiger partial charge < -0.3 is 19.7 Å². The summed E-state index contributed by atoms with van der Waals surface area (Å²) in [6.45, 7) is 1.45. The monoisotopic (exact) mass is 497 g/mol. The lowest BCUT2D eigenvalue weighted by Gasteiger charge is -2.26. The predicted molar refractivity (Wildman–Crippen MR) is 152 cm³/mol. The number of ether oxygens (including phenoxy) is 2. The van der Waals surface area contributed by atoms with Gasteiger partial charge >= 0.3 is 0 Å². The van der Waals surface area contributed by atoms with Crippen LogP contribution in [0.3, 0.4) is 0 Å². The second-order valence-corrected chi connectivity index (χ2v) is 8.96. The molecule has 0 bridgehead atoms. The van der Waals surface area contributed by atoms with Gasteiger partial charge in [-0.15, -0.1) is 0 Å². The van der Waals surface area contributed by atoms with Crippen LogP contribution in [0, 0.1) is 0 Å². The summed E-state index contributed by atoms with van der Waals surface area (Å²) in [5.41, 5.74) is 5.37. The summed E-state index contributed by atoms with van der Waals surface area (Å²) in [5.74, 6) is 1.70. The molecule has 0 saturated heterocycles. The van der Waals surface area contributed by atoms with E-state index in [4.69, 9.17) is 14.5 Å². The molecule has 4 rings (SSSR count). The molecule has 36 heavy (non-hydrogen) atoms. The lowest BCUT2D eigenvalue weighted by molar-refractivity contribution is 0.405. The zero-order valence-corrected chi connectivity index (χ0v) is 21.7. The molecule has 4 aromatic rings. The van der Waals surface area contributed by atoms with E-state index in [0.717, 1.165) is 46.8 Å². The molecule has 1 N–H and O–H groups in total. The van der Waals surface area contributed by atoms with Gasteiger partial charge in [-0.2, -0.15) is 0 Å². The number of anilines is 2. The first-order chi connectivity index (χ1) is 17.7. The average molecular weight is 498 g/mol. The van der Waals surface area contributed by atoms with Crippen LogP contribution in [0.2, 0.25) is 0 Å². The van der Waals surface area contributed by atoms with Gasteiger partial charge in [-0.05, 0) is 78.0 Å². The third-order valence-electron chi connectivity index (χ3n) is 5.67. The van der Waals surface area contributed by atoms with Crippen LogP contribution in [0.25, 0.3) is 0 Å². The largest absolute Gasteiger partial charge is 0.497 e. The molecule has 0 heterocycles. The summed E-state index contributed by atoms with van der Waals surface area (Å²) in [6, 6.07) is 34.7. The highest BCUT2D eigenvalue weighted by atomic mass is 32.2. The van der Waals surface area contributed by atoms with E-state index < -0.39 is 0 Å². The minimum absolute atomic E-state index is 0.726.